The Balaban J connectivity index is 3.05. The lowest BCUT2D eigenvalue weighted by molar-refractivity contribution is -0.142. The van der Waals surface area contributed by atoms with Gasteiger partial charge in [0.15, 0.2) is 0 Å². The molecule has 4 unspecified atom stereocenters. The van der Waals surface area contributed by atoms with Gasteiger partial charge < -0.3 is 43.4 Å². The van der Waals surface area contributed by atoms with Crippen LogP contribution in [0.1, 0.15) is 45.1 Å². The normalized spacial score (nSPS) is 14.0. The molecule has 0 spiro atoms. The molecular weight excluding hydrogens is 500 g/mol. The van der Waals surface area contributed by atoms with E-state index in [1.807, 2.05) is 13.8 Å². The molecule has 0 aliphatic carbocycles. The highest BCUT2D eigenvalue weighted by Crippen LogP contribution is 2.12. The molecule has 1 rings (SSSR count). The fraction of sp³-hybridized carbons (Fsp3) is 0.500. The lowest BCUT2D eigenvalue weighted by Gasteiger charge is -2.25. The first-order chi connectivity index (χ1) is 17.7. The van der Waals surface area contributed by atoms with Crippen molar-refractivity contribution in [3.8, 4) is 5.75 Å². The Labute approximate surface area is 219 Å². The lowest BCUT2D eigenvalue weighted by Crippen LogP contribution is -2.58. The van der Waals surface area contributed by atoms with Gasteiger partial charge in [-0.05, 0) is 36.5 Å². The van der Waals surface area contributed by atoms with E-state index in [0.717, 1.165) is 0 Å². The predicted molar refractivity (Wildman–Crippen MR) is 135 cm³/mol. The first-order valence-corrected chi connectivity index (χ1v) is 11.9. The molecule has 14 heteroatoms. The number of carbonyl (C=O) groups excluding carboxylic acids is 5. The number of amides is 5. The monoisotopic (exact) mass is 536 g/mol. The molecule has 0 aliphatic heterocycles. The van der Waals surface area contributed by atoms with Crippen molar-refractivity contribution in [1.29, 1.82) is 0 Å². The highest BCUT2D eigenvalue weighted by atomic mass is 16.4. The molecule has 0 fully saturated rings. The highest BCUT2D eigenvalue weighted by molar-refractivity contribution is 5.96. The van der Waals surface area contributed by atoms with E-state index >= 15 is 0 Å². The van der Waals surface area contributed by atoms with Crippen LogP contribution in [-0.2, 0) is 35.2 Å². The summed E-state index contributed by atoms with van der Waals surface area (Å²) in [7, 11) is 0. The van der Waals surface area contributed by atoms with Crippen LogP contribution < -0.4 is 33.2 Å². The van der Waals surface area contributed by atoms with Crippen LogP contribution in [0.5, 0.6) is 5.75 Å². The van der Waals surface area contributed by atoms with Gasteiger partial charge in [-0.3, -0.25) is 24.0 Å². The summed E-state index contributed by atoms with van der Waals surface area (Å²) in [5, 5.41) is 25.9. The molecular formula is C24H36N6O8. The number of aromatic hydroxyl groups is 1. The Hall–Kier alpha value is -4.20. The van der Waals surface area contributed by atoms with Gasteiger partial charge in [-0.25, -0.2) is 4.79 Å². The van der Waals surface area contributed by atoms with E-state index in [9.17, 15) is 39.0 Å². The predicted octanol–water partition coefficient (Wildman–Crippen LogP) is -2.01. The maximum Gasteiger partial charge on any atom is 0.326 e. The average Bonchev–Trinajstić information content (AvgIpc) is 2.80. The molecule has 11 N–H and O–H groups in total. The summed E-state index contributed by atoms with van der Waals surface area (Å²) < 4.78 is 0. The molecule has 5 amide bonds. The molecule has 0 saturated carbocycles. The van der Waals surface area contributed by atoms with Gasteiger partial charge in [0.05, 0.1) is 12.5 Å². The lowest BCUT2D eigenvalue weighted by atomic mass is 10.0. The van der Waals surface area contributed by atoms with Crippen LogP contribution in [0.4, 0.5) is 0 Å². The Morgan fingerprint density at radius 1 is 0.816 bits per heavy atom. The van der Waals surface area contributed by atoms with Gasteiger partial charge in [-0.2, -0.15) is 0 Å². The Bertz CT molecular complexity index is 1010. The molecule has 0 radical (unpaired) electrons. The number of aliphatic carboxylic acids is 1. The summed E-state index contributed by atoms with van der Waals surface area (Å²) in [5.74, 6) is -5.65. The number of benzene rings is 1. The highest BCUT2D eigenvalue weighted by Gasteiger charge is 2.31. The molecule has 38 heavy (non-hydrogen) atoms. The number of hydrogen-bond donors (Lipinski definition) is 8. The van der Waals surface area contributed by atoms with Gasteiger partial charge in [0, 0.05) is 12.8 Å². The van der Waals surface area contributed by atoms with Crippen molar-refractivity contribution in [2.45, 2.75) is 70.1 Å². The van der Waals surface area contributed by atoms with E-state index in [-0.39, 0.29) is 30.9 Å². The summed E-state index contributed by atoms with van der Waals surface area (Å²) >= 11 is 0. The minimum atomic E-state index is -1.58. The maximum atomic E-state index is 13.0. The summed E-state index contributed by atoms with van der Waals surface area (Å²) in [6.07, 6.45) is -1.01. The topological polar surface area (TPSA) is 257 Å². The second kappa shape index (κ2) is 15.1. The van der Waals surface area contributed by atoms with E-state index in [2.05, 4.69) is 16.0 Å². The number of primary amides is 2. The van der Waals surface area contributed by atoms with Crippen molar-refractivity contribution in [2.24, 2.45) is 23.1 Å². The van der Waals surface area contributed by atoms with Gasteiger partial charge in [0.2, 0.25) is 29.5 Å². The van der Waals surface area contributed by atoms with Crippen molar-refractivity contribution < 1.29 is 39.0 Å². The van der Waals surface area contributed by atoms with Gasteiger partial charge in [0.1, 0.15) is 23.9 Å². The second-order valence-corrected chi connectivity index (χ2v) is 9.30. The van der Waals surface area contributed by atoms with E-state index in [0.29, 0.717) is 12.0 Å². The molecule has 4 atom stereocenters. The molecule has 0 aromatic heterocycles. The zero-order valence-corrected chi connectivity index (χ0v) is 21.3. The number of nitrogens with one attached hydrogen (secondary N) is 3. The minimum absolute atomic E-state index is 0.0305. The first kappa shape index (κ1) is 31.8. The van der Waals surface area contributed by atoms with E-state index in [1.165, 1.54) is 24.3 Å². The fourth-order valence-corrected chi connectivity index (χ4v) is 3.47. The number of nitrogens with two attached hydrogens (primary N) is 3. The van der Waals surface area contributed by atoms with E-state index in [4.69, 9.17) is 17.2 Å². The molecule has 0 bridgehead atoms. The number of carboxylic acids is 1. The van der Waals surface area contributed by atoms with Gasteiger partial charge in [-0.1, -0.05) is 26.0 Å². The minimum Gasteiger partial charge on any atom is -0.508 e. The van der Waals surface area contributed by atoms with Crippen LogP contribution in [0.15, 0.2) is 24.3 Å². The van der Waals surface area contributed by atoms with Gasteiger partial charge in [-0.15, -0.1) is 0 Å². The van der Waals surface area contributed by atoms with E-state index < -0.39 is 66.1 Å². The zero-order chi connectivity index (χ0) is 29.0. The maximum absolute atomic E-state index is 13.0. The average molecular weight is 537 g/mol. The number of phenolic OH excluding ortho intramolecular Hbond substituents is 1. The Morgan fingerprint density at radius 2 is 1.34 bits per heavy atom. The number of carboxylic acid groups (broad SMARTS) is 1. The van der Waals surface area contributed by atoms with Crippen LogP contribution in [0, 0.1) is 5.92 Å². The van der Waals surface area contributed by atoms with Crippen molar-refractivity contribution in [1.82, 2.24) is 16.0 Å². The van der Waals surface area contributed by atoms with Crippen molar-refractivity contribution in [2.75, 3.05) is 0 Å². The molecule has 0 saturated heterocycles. The van der Waals surface area contributed by atoms with Crippen LogP contribution in [-0.4, -0.2) is 69.9 Å². The summed E-state index contributed by atoms with van der Waals surface area (Å²) in [4.78, 5) is 73.0. The summed E-state index contributed by atoms with van der Waals surface area (Å²) in [6.45, 7) is 3.70. The Kier molecular flexibility index (Phi) is 12.7. The Morgan fingerprint density at radius 3 is 1.84 bits per heavy atom. The smallest absolute Gasteiger partial charge is 0.326 e. The first-order valence-electron chi connectivity index (χ1n) is 11.9. The number of hydrogen-bond acceptors (Lipinski definition) is 8. The van der Waals surface area contributed by atoms with Crippen LogP contribution in [0.2, 0.25) is 0 Å². The van der Waals surface area contributed by atoms with Crippen molar-refractivity contribution in [3.63, 3.8) is 0 Å². The van der Waals surface area contributed by atoms with Gasteiger partial charge >= 0.3 is 5.97 Å². The third kappa shape index (κ3) is 11.7. The number of phenols is 1. The summed E-state index contributed by atoms with van der Waals surface area (Å²) in [6, 6.07) is 0.326. The van der Waals surface area contributed by atoms with Crippen LogP contribution >= 0.6 is 0 Å². The quantitative estimate of drug-likeness (QED) is 0.116. The molecule has 1 aromatic carbocycles. The summed E-state index contributed by atoms with van der Waals surface area (Å²) in [5.41, 5.74) is 16.7. The van der Waals surface area contributed by atoms with Crippen LogP contribution in [0.25, 0.3) is 0 Å². The second-order valence-electron chi connectivity index (χ2n) is 9.30. The molecule has 0 heterocycles. The molecule has 14 nitrogen and oxygen atoms in total. The largest absolute Gasteiger partial charge is 0.508 e. The number of rotatable bonds is 16. The number of carbonyl (C=O) groups is 6. The van der Waals surface area contributed by atoms with E-state index in [1.54, 1.807) is 0 Å². The fourth-order valence-electron chi connectivity index (χ4n) is 3.47. The van der Waals surface area contributed by atoms with Crippen LogP contribution in [0.3, 0.4) is 0 Å². The third-order valence-electron chi connectivity index (χ3n) is 5.40. The SMILES string of the molecule is CC(C)CC(N)C(=O)NC(CCC(N)=O)C(=O)NC(CC(N)=O)C(=O)NC(Cc1ccc(O)cc1)C(=O)O. The van der Waals surface area contributed by atoms with Gasteiger partial charge in [0.25, 0.3) is 0 Å². The standard InChI is InChI=1S/C24H36N6O8/c1-12(2)9-15(25)21(34)28-16(7-8-19(26)32)22(35)29-17(11-20(27)33)23(36)30-18(24(37)38)10-13-3-5-14(31)6-4-13/h3-6,12,15-18,31H,7-11,25H2,1-2H3,(H2,26,32)(H2,27,33)(H,28,34)(H,29,35)(H,30,36)(H,37,38). The zero-order valence-electron chi connectivity index (χ0n) is 21.3. The van der Waals surface area contributed by atoms with Crippen molar-refractivity contribution in [3.05, 3.63) is 29.8 Å². The molecule has 0 aliphatic rings. The van der Waals surface area contributed by atoms with Crippen molar-refractivity contribution >= 4 is 35.5 Å². The third-order valence-corrected chi connectivity index (χ3v) is 5.40. The molecule has 210 valence electrons. The molecule has 1 aromatic rings.